The molecule has 0 aliphatic heterocycles. The highest BCUT2D eigenvalue weighted by Crippen LogP contribution is 2.18. The summed E-state index contributed by atoms with van der Waals surface area (Å²) in [6.07, 6.45) is -1.30. The lowest BCUT2D eigenvalue weighted by Crippen LogP contribution is -2.54. The van der Waals surface area contributed by atoms with Crippen LogP contribution >= 0.6 is 0 Å². The van der Waals surface area contributed by atoms with Crippen molar-refractivity contribution in [1.82, 2.24) is 21.4 Å². The van der Waals surface area contributed by atoms with Gasteiger partial charge in [-0.3, -0.25) is 19.2 Å². The lowest BCUT2D eigenvalue weighted by molar-refractivity contribution is -0.147. The fourth-order valence-electron chi connectivity index (χ4n) is 3.26. The second kappa shape index (κ2) is 12.5. The van der Waals surface area contributed by atoms with Gasteiger partial charge in [0.1, 0.15) is 17.7 Å². The molecule has 0 saturated carbocycles. The molecule has 0 saturated heterocycles. The first-order chi connectivity index (χ1) is 17.1. The summed E-state index contributed by atoms with van der Waals surface area (Å²) >= 11 is 0. The number of hydrogen-bond donors (Lipinski definition) is 4. The molecule has 2 atom stereocenters. The van der Waals surface area contributed by atoms with Gasteiger partial charge in [-0.15, -0.1) is 0 Å². The Morgan fingerprint density at radius 1 is 0.838 bits per heavy atom. The Hall–Kier alpha value is -3.66. The van der Waals surface area contributed by atoms with Gasteiger partial charge in [0.2, 0.25) is 17.7 Å². The molecule has 10 heteroatoms. The Bertz CT molecular complexity index is 1110. The van der Waals surface area contributed by atoms with Crippen molar-refractivity contribution < 1.29 is 28.8 Å². The van der Waals surface area contributed by atoms with E-state index in [1.165, 1.54) is 6.92 Å². The molecule has 37 heavy (non-hydrogen) atoms. The van der Waals surface area contributed by atoms with Crippen molar-refractivity contribution in [2.75, 3.05) is 0 Å². The molecule has 10 nitrogen and oxygen atoms in total. The fraction of sp³-hybridized carbons (Fsp3) is 0.481. The minimum atomic E-state index is -1.30. The van der Waals surface area contributed by atoms with Gasteiger partial charge in [-0.1, -0.05) is 42.5 Å². The number of hydrogen-bond acceptors (Lipinski definition) is 6. The van der Waals surface area contributed by atoms with Crippen molar-refractivity contribution in [3.63, 3.8) is 0 Å². The van der Waals surface area contributed by atoms with Crippen LogP contribution in [-0.2, 0) is 30.5 Å². The minimum Gasteiger partial charge on any atom is -0.444 e. The number of carbonyl (C=O) groups is 4. The summed E-state index contributed by atoms with van der Waals surface area (Å²) in [5.74, 6) is -1.76. The Morgan fingerprint density at radius 3 is 2.14 bits per heavy atom. The van der Waals surface area contributed by atoms with Gasteiger partial charge in [-0.05, 0) is 64.8 Å². The molecule has 0 fully saturated rings. The Kier molecular flexibility index (Phi) is 10.0. The van der Waals surface area contributed by atoms with E-state index in [4.69, 9.17) is 9.57 Å². The van der Waals surface area contributed by atoms with Gasteiger partial charge in [0, 0.05) is 6.54 Å². The van der Waals surface area contributed by atoms with Gasteiger partial charge in [0.25, 0.3) is 0 Å². The summed E-state index contributed by atoms with van der Waals surface area (Å²) in [7, 11) is 0. The predicted molar refractivity (Wildman–Crippen MR) is 140 cm³/mol. The molecule has 4 amide bonds. The zero-order chi connectivity index (χ0) is 27.8. The molecule has 2 aromatic rings. The zero-order valence-corrected chi connectivity index (χ0v) is 22.6. The molecule has 2 rings (SSSR count). The second-order valence-corrected chi connectivity index (χ2v) is 10.7. The number of hydroxylamine groups is 1. The van der Waals surface area contributed by atoms with E-state index >= 15 is 0 Å². The Labute approximate surface area is 217 Å². The summed E-state index contributed by atoms with van der Waals surface area (Å²) in [6, 6.07) is 11.4. The minimum absolute atomic E-state index is 0.270. The maximum atomic E-state index is 13.0. The van der Waals surface area contributed by atoms with E-state index in [9.17, 15) is 19.2 Å². The van der Waals surface area contributed by atoms with Crippen molar-refractivity contribution in [1.29, 1.82) is 0 Å². The van der Waals surface area contributed by atoms with Crippen LogP contribution in [0.5, 0.6) is 0 Å². The third kappa shape index (κ3) is 10.5. The molecule has 0 aliphatic rings. The van der Waals surface area contributed by atoms with Crippen LogP contribution in [0.2, 0.25) is 0 Å². The lowest BCUT2D eigenvalue weighted by Gasteiger charge is -2.25. The number of alkyl carbamates (subject to hydrolysis) is 1. The molecule has 0 radical (unpaired) electrons. The average molecular weight is 515 g/mol. The topological polar surface area (TPSA) is 135 Å². The number of amides is 4. The summed E-state index contributed by atoms with van der Waals surface area (Å²) in [5.41, 5.74) is 1.75. The van der Waals surface area contributed by atoms with E-state index in [2.05, 4.69) is 21.4 Å². The van der Waals surface area contributed by atoms with Crippen LogP contribution in [0.1, 0.15) is 60.5 Å². The SMILES string of the molecule is C[C@H](NC(=O)[C@H](CC(=O)NOC(C)(C)C)NC(=O)OC(C)(C)C)C(=O)NCc1cccc2ccccc12. The lowest BCUT2D eigenvalue weighted by atomic mass is 10.0. The number of rotatable bonds is 9. The van der Waals surface area contributed by atoms with E-state index in [-0.39, 0.29) is 6.54 Å². The summed E-state index contributed by atoms with van der Waals surface area (Å²) < 4.78 is 5.22. The number of carbonyl (C=O) groups excluding carboxylic acids is 4. The molecule has 202 valence electrons. The third-order valence-electron chi connectivity index (χ3n) is 4.95. The largest absolute Gasteiger partial charge is 0.444 e. The zero-order valence-electron chi connectivity index (χ0n) is 22.6. The molecule has 4 N–H and O–H groups in total. The van der Waals surface area contributed by atoms with Crippen LogP contribution in [0, 0.1) is 0 Å². The first-order valence-electron chi connectivity index (χ1n) is 12.2. The van der Waals surface area contributed by atoms with Crippen LogP contribution in [0.4, 0.5) is 4.79 Å². The second-order valence-electron chi connectivity index (χ2n) is 10.7. The van der Waals surface area contributed by atoms with Gasteiger partial charge in [-0.25, -0.2) is 10.3 Å². The molecule has 0 bridgehead atoms. The van der Waals surface area contributed by atoms with E-state index in [1.54, 1.807) is 41.5 Å². The van der Waals surface area contributed by atoms with Gasteiger partial charge >= 0.3 is 6.09 Å². The first-order valence-corrected chi connectivity index (χ1v) is 12.2. The van der Waals surface area contributed by atoms with Crippen molar-refractivity contribution >= 4 is 34.6 Å². The molecule has 0 aliphatic carbocycles. The van der Waals surface area contributed by atoms with Gasteiger partial charge < -0.3 is 20.7 Å². The van der Waals surface area contributed by atoms with Gasteiger partial charge in [0.15, 0.2) is 0 Å². The monoisotopic (exact) mass is 514 g/mol. The molecule has 2 aromatic carbocycles. The number of ether oxygens (including phenoxy) is 1. The molecule has 0 spiro atoms. The van der Waals surface area contributed by atoms with Crippen molar-refractivity contribution in [3.05, 3.63) is 48.0 Å². The number of nitrogens with one attached hydrogen (secondary N) is 4. The highest BCUT2D eigenvalue weighted by atomic mass is 16.7. The molecule has 0 unspecified atom stereocenters. The van der Waals surface area contributed by atoms with Crippen LogP contribution in [-0.4, -0.2) is 47.1 Å². The summed E-state index contributed by atoms with van der Waals surface area (Å²) in [4.78, 5) is 55.6. The fourth-order valence-corrected chi connectivity index (χ4v) is 3.26. The smallest absolute Gasteiger partial charge is 0.408 e. The molecule has 0 aromatic heterocycles. The van der Waals surface area contributed by atoms with Crippen LogP contribution in [0.25, 0.3) is 10.8 Å². The quantitative estimate of drug-likeness (QED) is 0.380. The van der Waals surface area contributed by atoms with Gasteiger partial charge in [0.05, 0.1) is 12.0 Å². The van der Waals surface area contributed by atoms with Crippen LogP contribution < -0.4 is 21.4 Å². The summed E-state index contributed by atoms with van der Waals surface area (Å²) in [5, 5.41) is 9.86. The summed E-state index contributed by atoms with van der Waals surface area (Å²) in [6.45, 7) is 12.0. The number of benzene rings is 2. The highest BCUT2D eigenvalue weighted by molar-refractivity contribution is 5.94. The van der Waals surface area contributed by atoms with E-state index in [0.717, 1.165) is 16.3 Å². The molecular formula is C27H38N4O6. The maximum absolute atomic E-state index is 13.0. The first kappa shape index (κ1) is 29.6. The highest BCUT2D eigenvalue weighted by Gasteiger charge is 2.29. The van der Waals surface area contributed by atoms with Crippen molar-refractivity contribution in [2.45, 2.75) is 84.7 Å². The van der Waals surface area contributed by atoms with Gasteiger partial charge in [-0.2, -0.15) is 0 Å². The molecular weight excluding hydrogens is 476 g/mol. The predicted octanol–water partition coefficient (Wildman–Crippen LogP) is 3.09. The van der Waals surface area contributed by atoms with Crippen molar-refractivity contribution in [3.8, 4) is 0 Å². The van der Waals surface area contributed by atoms with E-state index < -0.39 is 53.5 Å². The normalized spacial score (nSPS) is 13.3. The third-order valence-corrected chi connectivity index (χ3v) is 4.95. The number of fused-ring (bicyclic) bond motifs is 1. The Balaban J connectivity index is 2.02. The van der Waals surface area contributed by atoms with Crippen molar-refractivity contribution in [2.24, 2.45) is 0 Å². The Morgan fingerprint density at radius 2 is 1.49 bits per heavy atom. The standard InChI is InChI=1S/C27H38N4O6/c1-17(23(33)28-16-19-13-10-12-18-11-8-9-14-20(18)19)29-24(34)21(30-25(35)36-26(2,3)4)15-22(32)31-37-27(5,6)7/h8-14,17,21H,15-16H2,1-7H3,(H,28,33)(H,29,34)(H,30,35)(H,31,32)/t17-,21-/m0/s1. The van der Waals surface area contributed by atoms with E-state index in [0.29, 0.717) is 0 Å². The average Bonchev–Trinajstić information content (AvgIpc) is 2.79. The maximum Gasteiger partial charge on any atom is 0.408 e. The van der Waals surface area contributed by atoms with Crippen LogP contribution in [0.3, 0.4) is 0 Å². The molecule has 0 heterocycles. The van der Waals surface area contributed by atoms with Crippen LogP contribution in [0.15, 0.2) is 42.5 Å². The van der Waals surface area contributed by atoms with E-state index in [1.807, 2.05) is 42.5 Å².